The van der Waals surface area contributed by atoms with Crippen molar-refractivity contribution in [2.75, 3.05) is 39.3 Å². The van der Waals surface area contributed by atoms with Crippen molar-refractivity contribution in [3.63, 3.8) is 0 Å². The van der Waals surface area contributed by atoms with Crippen LogP contribution in [0.15, 0.2) is 48.7 Å². The highest BCUT2D eigenvalue weighted by Crippen LogP contribution is 2.33. The van der Waals surface area contributed by atoms with E-state index in [2.05, 4.69) is 52.1 Å². The first kappa shape index (κ1) is 18.4. The molecule has 6 nitrogen and oxygen atoms in total. The predicted octanol–water partition coefficient (Wildman–Crippen LogP) is 1.97. The summed E-state index contributed by atoms with van der Waals surface area (Å²) in [5, 5.41) is 0. The maximum absolute atomic E-state index is 13.1. The molecule has 5 rings (SSSR count). The van der Waals surface area contributed by atoms with Gasteiger partial charge in [-0.1, -0.05) is 30.3 Å². The molecule has 1 saturated heterocycles. The zero-order valence-corrected chi connectivity index (χ0v) is 16.7. The van der Waals surface area contributed by atoms with Crippen molar-refractivity contribution in [2.45, 2.75) is 25.4 Å². The van der Waals surface area contributed by atoms with Crippen molar-refractivity contribution in [3.8, 4) is 0 Å². The second kappa shape index (κ2) is 7.67. The lowest BCUT2D eigenvalue weighted by molar-refractivity contribution is -0.141. The van der Waals surface area contributed by atoms with Gasteiger partial charge in [0.25, 0.3) is 0 Å². The highest BCUT2D eigenvalue weighted by Gasteiger charge is 2.36. The van der Waals surface area contributed by atoms with Crippen LogP contribution in [0.4, 0.5) is 0 Å². The summed E-state index contributed by atoms with van der Waals surface area (Å²) in [6.45, 7) is 4.82. The largest absolute Gasteiger partial charge is 0.348 e. The number of nitrogens with zero attached hydrogens (tertiary/aromatic N) is 4. The van der Waals surface area contributed by atoms with Gasteiger partial charge < -0.3 is 14.4 Å². The van der Waals surface area contributed by atoms with Crippen LogP contribution in [0, 0.1) is 5.92 Å². The average Bonchev–Trinajstić information content (AvgIpc) is 3.51. The van der Waals surface area contributed by atoms with Crippen LogP contribution >= 0.6 is 0 Å². The molecule has 1 saturated carbocycles. The molecule has 6 heteroatoms. The van der Waals surface area contributed by atoms with Crippen LogP contribution in [-0.2, 0) is 16.1 Å². The minimum atomic E-state index is 0.0987. The summed E-state index contributed by atoms with van der Waals surface area (Å²) in [6, 6.07) is 14.8. The molecule has 0 bridgehead atoms. The summed E-state index contributed by atoms with van der Waals surface area (Å²) >= 11 is 0. The highest BCUT2D eigenvalue weighted by atomic mass is 16.2. The fourth-order valence-corrected chi connectivity index (χ4v) is 4.66. The maximum Gasteiger partial charge on any atom is 0.236 e. The third kappa shape index (κ3) is 3.69. The van der Waals surface area contributed by atoms with Crippen LogP contribution in [0.2, 0.25) is 0 Å². The van der Waals surface area contributed by atoms with Crippen LogP contribution in [0.3, 0.4) is 0 Å². The van der Waals surface area contributed by atoms with Gasteiger partial charge in [0, 0.05) is 57.1 Å². The smallest absolute Gasteiger partial charge is 0.236 e. The zero-order chi connectivity index (χ0) is 19.8. The number of amides is 2. The number of carbonyl (C=O) groups is 2. The number of hydrogen-bond acceptors (Lipinski definition) is 3. The van der Waals surface area contributed by atoms with Crippen molar-refractivity contribution >= 4 is 11.8 Å². The normalized spacial score (nSPS) is 22.4. The fraction of sp³-hybridized carbons (Fsp3) is 0.478. The molecule has 152 valence electrons. The van der Waals surface area contributed by atoms with Crippen LogP contribution in [0.25, 0.3) is 0 Å². The second-order valence-corrected chi connectivity index (χ2v) is 8.39. The van der Waals surface area contributed by atoms with E-state index in [4.69, 9.17) is 0 Å². The lowest BCUT2D eigenvalue weighted by Gasteiger charge is -2.39. The SMILES string of the molecule is O=C(CN1CCn2cccc2[C@@H]1c1ccccc1)N1CCN(C(=O)C2CC2)CC1. The molecule has 2 aromatic rings. The molecule has 3 aliphatic rings. The number of carbonyl (C=O) groups excluding carboxylic acids is 2. The van der Waals surface area contributed by atoms with Gasteiger partial charge >= 0.3 is 0 Å². The van der Waals surface area contributed by atoms with Gasteiger partial charge in [-0.2, -0.15) is 0 Å². The number of fused-ring (bicyclic) bond motifs is 1. The van der Waals surface area contributed by atoms with Gasteiger partial charge in [0.15, 0.2) is 0 Å². The Morgan fingerprint density at radius 1 is 0.828 bits per heavy atom. The fourth-order valence-electron chi connectivity index (χ4n) is 4.66. The Bertz CT molecular complexity index is 881. The van der Waals surface area contributed by atoms with Crippen LogP contribution in [0.1, 0.15) is 30.1 Å². The van der Waals surface area contributed by atoms with E-state index in [9.17, 15) is 9.59 Å². The van der Waals surface area contributed by atoms with Crippen LogP contribution < -0.4 is 0 Å². The highest BCUT2D eigenvalue weighted by molar-refractivity contribution is 5.82. The van der Waals surface area contributed by atoms with Gasteiger partial charge in [-0.05, 0) is 30.5 Å². The molecule has 0 N–H and O–H groups in total. The molecule has 2 aliphatic heterocycles. The van der Waals surface area contributed by atoms with Crippen LogP contribution in [0.5, 0.6) is 0 Å². The summed E-state index contributed by atoms with van der Waals surface area (Å²) in [6.07, 6.45) is 4.20. The lowest BCUT2D eigenvalue weighted by atomic mass is 10.00. The topological polar surface area (TPSA) is 48.8 Å². The van der Waals surface area contributed by atoms with Crippen LogP contribution in [-0.4, -0.2) is 70.3 Å². The summed E-state index contributed by atoms with van der Waals surface area (Å²) in [5.74, 6) is 0.718. The molecule has 1 atom stereocenters. The summed E-state index contributed by atoms with van der Waals surface area (Å²) in [4.78, 5) is 31.5. The number of aromatic nitrogens is 1. The quantitative estimate of drug-likeness (QED) is 0.799. The Morgan fingerprint density at radius 3 is 2.28 bits per heavy atom. The lowest BCUT2D eigenvalue weighted by Crippen LogP contribution is -2.53. The number of hydrogen-bond donors (Lipinski definition) is 0. The van der Waals surface area contributed by atoms with Crippen molar-refractivity contribution in [2.24, 2.45) is 5.92 Å². The van der Waals surface area contributed by atoms with E-state index in [1.165, 1.54) is 11.3 Å². The Labute approximate surface area is 171 Å². The Morgan fingerprint density at radius 2 is 1.55 bits per heavy atom. The second-order valence-electron chi connectivity index (χ2n) is 8.39. The first-order valence-corrected chi connectivity index (χ1v) is 10.7. The van der Waals surface area contributed by atoms with E-state index in [1.54, 1.807) is 0 Å². The minimum Gasteiger partial charge on any atom is -0.348 e. The molecule has 1 aromatic carbocycles. The molecule has 0 spiro atoms. The van der Waals surface area contributed by atoms with Crippen molar-refractivity contribution < 1.29 is 9.59 Å². The van der Waals surface area contributed by atoms with Crippen molar-refractivity contribution in [3.05, 3.63) is 59.9 Å². The van der Waals surface area contributed by atoms with Gasteiger partial charge in [0.2, 0.25) is 11.8 Å². The summed E-state index contributed by atoms with van der Waals surface area (Å²) in [7, 11) is 0. The van der Waals surface area contributed by atoms with Gasteiger partial charge in [-0.3, -0.25) is 14.5 Å². The van der Waals surface area contributed by atoms with E-state index >= 15 is 0 Å². The monoisotopic (exact) mass is 392 g/mol. The number of rotatable bonds is 4. The molecular weight excluding hydrogens is 364 g/mol. The molecule has 2 fully saturated rings. The maximum atomic E-state index is 13.1. The summed E-state index contributed by atoms with van der Waals surface area (Å²) in [5.41, 5.74) is 2.47. The molecular formula is C23H28N4O2. The molecule has 3 heterocycles. The van der Waals surface area contributed by atoms with Gasteiger partial charge in [-0.25, -0.2) is 0 Å². The van der Waals surface area contributed by atoms with E-state index < -0.39 is 0 Å². The van der Waals surface area contributed by atoms with Crippen molar-refractivity contribution in [1.82, 2.24) is 19.3 Å². The molecule has 2 amide bonds. The van der Waals surface area contributed by atoms with Gasteiger partial charge in [0.05, 0.1) is 12.6 Å². The molecule has 1 aromatic heterocycles. The number of benzene rings is 1. The Hall–Kier alpha value is -2.60. The first-order valence-electron chi connectivity index (χ1n) is 10.7. The molecule has 0 radical (unpaired) electrons. The molecule has 0 unspecified atom stereocenters. The van der Waals surface area contributed by atoms with E-state index in [1.807, 2.05) is 15.9 Å². The van der Waals surface area contributed by atoms with E-state index in [0.717, 1.165) is 25.9 Å². The third-order valence-electron chi connectivity index (χ3n) is 6.46. The van der Waals surface area contributed by atoms with E-state index in [-0.39, 0.29) is 23.8 Å². The minimum absolute atomic E-state index is 0.0987. The number of piperazine rings is 1. The Kier molecular flexibility index (Phi) is 4.87. The molecule has 1 aliphatic carbocycles. The predicted molar refractivity (Wildman–Crippen MR) is 110 cm³/mol. The van der Waals surface area contributed by atoms with Gasteiger partial charge in [-0.15, -0.1) is 0 Å². The van der Waals surface area contributed by atoms with Crippen molar-refractivity contribution in [1.29, 1.82) is 0 Å². The first-order chi connectivity index (χ1) is 14.2. The standard InChI is InChI=1S/C23H28N4O2/c28-21(25-12-14-26(15-13-25)23(29)19-8-9-19)17-27-16-11-24-10-4-7-20(24)22(27)18-5-2-1-3-6-18/h1-7,10,19,22H,8-9,11-17H2/t22-/m0/s1. The summed E-state index contributed by atoms with van der Waals surface area (Å²) < 4.78 is 2.29. The van der Waals surface area contributed by atoms with Gasteiger partial charge in [0.1, 0.15) is 0 Å². The molecule has 29 heavy (non-hydrogen) atoms. The van der Waals surface area contributed by atoms with E-state index in [0.29, 0.717) is 32.7 Å². The third-order valence-corrected chi connectivity index (χ3v) is 6.46. The zero-order valence-electron chi connectivity index (χ0n) is 16.7. The Balaban J connectivity index is 1.27. The average molecular weight is 393 g/mol.